The maximum absolute atomic E-state index is 5.46. The molecule has 0 saturated carbocycles. The summed E-state index contributed by atoms with van der Waals surface area (Å²) in [5.41, 5.74) is 4.91. The molecule has 0 bridgehead atoms. The lowest BCUT2D eigenvalue weighted by atomic mass is 10.2. The molecule has 0 unspecified atom stereocenters. The Balaban J connectivity index is 1.62. The van der Waals surface area contributed by atoms with Crippen molar-refractivity contribution in [1.29, 1.82) is 0 Å². The van der Waals surface area contributed by atoms with Crippen molar-refractivity contribution in [1.82, 2.24) is 34.6 Å². The van der Waals surface area contributed by atoms with Crippen LogP contribution < -0.4 is 4.74 Å². The van der Waals surface area contributed by atoms with Crippen molar-refractivity contribution in [2.24, 2.45) is 0 Å². The largest absolute Gasteiger partial charge is 0.494 e. The van der Waals surface area contributed by atoms with Crippen LogP contribution in [-0.2, 0) is 5.75 Å². The van der Waals surface area contributed by atoms with E-state index < -0.39 is 0 Å². The van der Waals surface area contributed by atoms with Gasteiger partial charge >= 0.3 is 0 Å². The van der Waals surface area contributed by atoms with Gasteiger partial charge in [-0.15, -0.1) is 5.10 Å². The number of tetrazole rings is 1. The molecule has 0 spiro atoms. The Morgan fingerprint density at radius 3 is 2.78 bits per heavy atom. The Bertz CT molecular complexity index is 1120. The van der Waals surface area contributed by atoms with E-state index in [1.165, 1.54) is 11.8 Å². The number of methoxy groups -OCH3 is 1. The minimum absolute atomic E-state index is 0.635. The van der Waals surface area contributed by atoms with Gasteiger partial charge in [0.05, 0.1) is 12.8 Å². The van der Waals surface area contributed by atoms with Crippen LogP contribution in [-0.4, -0.2) is 41.7 Å². The highest BCUT2D eigenvalue weighted by Crippen LogP contribution is 2.28. The third-order valence-corrected chi connectivity index (χ3v) is 5.12. The molecule has 0 saturated heterocycles. The number of hydrogen-bond donors (Lipinski definition) is 0. The lowest BCUT2D eigenvalue weighted by Crippen LogP contribution is -2.02. The number of fused-ring (bicyclic) bond motifs is 1. The molecule has 1 aromatic carbocycles. The fourth-order valence-corrected chi connectivity index (χ4v) is 3.68. The fraction of sp³-hybridized carbons (Fsp3) is 0.278. The highest BCUT2D eigenvalue weighted by Gasteiger charge is 2.15. The van der Waals surface area contributed by atoms with Gasteiger partial charge in [-0.25, -0.2) is 9.97 Å². The Kier molecular flexibility index (Phi) is 4.53. The van der Waals surface area contributed by atoms with E-state index in [4.69, 9.17) is 4.74 Å². The molecule has 0 aliphatic rings. The Morgan fingerprint density at radius 2 is 1.96 bits per heavy atom. The van der Waals surface area contributed by atoms with E-state index in [1.54, 1.807) is 11.8 Å². The van der Waals surface area contributed by atoms with Gasteiger partial charge in [-0.2, -0.15) is 4.68 Å². The molecular weight excluding hydrogens is 362 g/mol. The first-order valence-corrected chi connectivity index (χ1v) is 9.42. The average molecular weight is 381 g/mol. The fourth-order valence-electron chi connectivity index (χ4n) is 2.91. The first-order valence-electron chi connectivity index (χ1n) is 8.43. The summed E-state index contributed by atoms with van der Waals surface area (Å²) in [6.45, 7) is 6.04. The van der Waals surface area contributed by atoms with E-state index in [1.807, 2.05) is 55.6 Å². The van der Waals surface area contributed by atoms with Gasteiger partial charge in [-0.05, 0) is 55.0 Å². The van der Waals surface area contributed by atoms with Crippen molar-refractivity contribution in [3.05, 3.63) is 53.1 Å². The van der Waals surface area contributed by atoms with Crippen LogP contribution in [0.5, 0.6) is 5.75 Å². The van der Waals surface area contributed by atoms with Gasteiger partial charge in [0.25, 0.3) is 0 Å². The van der Waals surface area contributed by atoms with Crippen LogP contribution in [0.4, 0.5) is 0 Å². The summed E-state index contributed by atoms with van der Waals surface area (Å²) >= 11 is 1.52. The van der Waals surface area contributed by atoms with Crippen LogP contribution in [0.25, 0.3) is 11.5 Å². The zero-order valence-electron chi connectivity index (χ0n) is 15.5. The standard InChI is InChI=1S/C18H19N7OS/c1-11-5-6-16(26-4)15(7-11)25-18(21-22-23-25)27-10-14-9-24-13(3)8-12(2)19-17(24)20-14/h5-9H,10H2,1-4H3. The predicted octanol–water partition coefficient (Wildman–Crippen LogP) is 2.93. The molecule has 3 aromatic heterocycles. The van der Waals surface area contributed by atoms with Crippen molar-refractivity contribution in [3.8, 4) is 11.4 Å². The summed E-state index contributed by atoms with van der Waals surface area (Å²) in [4.78, 5) is 9.09. The molecule has 0 radical (unpaired) electrons. The molecular formula is C18H19N7OS. The second kappa shape index (κ2) is 6.99. The Morgan fingerprint density at radius 1 is 1.11 bits per heavy atom. The lowest BCUT2D eigenvalue weighted by Gasteiger charge is -2.10. The molecule has 0 fully saturated rings. The number of imidazole rings is 1. The SMILES string of the molecule is COc1ccc(C)cc1-n1nnnc1SCc1cn2c(C)cc(C)nc2n1. The molecule has 27 heavy (non-hydrogen) atoms. The minimum Gasteiger partial charge on any atom is -0.494 e. The summed E-state index contributed by atoms with van der Waals surface area (Å²) < 4.78 is 9.15. The number of rotatable bonds is 5. The van der Waals surface area contributed by atoms with Crippen LogP contribution in [0.15, 0.2) is 35.6 Å². The van der Waals surface area contributed by atoms with Gasteiger partial charge < -0.3 is 4.74 Å². The Hall–Kier alpha value is -2.94. The average Bonchev–Trinajstić information content (AvgIpc) is 3.26. The maximum atomic E-state index is 5.46. The maximum Gasteiger partial charge on any atom is 0.234 e. The van der Waals surface area contributed by atoms with Crippen LogP contribution in [0.3, 0.4) is 0 Å². The van der Waals surface area contributed by atoms with Gasteiger partial charge in [-0.3, -0.25) is 4.40 Å². The van der Waals surface area contributed by atoms with Gasteiger partial charge in [0.15, 0.2) is 0 Å². The summed E-state index contributed by atoms with van der Waals surface area (Å²) in [7, 11) is 1.64. The van der Waals surface area contributed by atoms with Crippen molar-refractivity contribution in [3.63, 3.8) is 0 Å². The van der Waals surface area contributed by atoms with Crippen LogP contribution in [0, 0.1) is 20.8 Å². The van der Waals surface area contributed by atoms with E-state index >= 15 is 0 Å². The Labute approximate surface area is 160 Å². The number of thioether (sulfide) groups is 1. The normalized spacial score (nSPS) is 11.3. The molecule has 4 rings (SSSR count). The van der Waals surface area contributed by atoms with Crippen molar-refractivity contribution in [2.75, 3.05) is 7.11 Å². The lowest BCUT2D eigenvalue weighted by molar-refractivity contribution is 0.410. The van der Waals surface area contributed by atoms with E-state index in [0.29, 0.717) is 16.7 Å². The zero-order chi connectivity index (χ0) is 19.0. The molecule has 0 amide bonds. The monoisotopic (exact) mass is 381 g/mol. The number of aryl methyl sites for hydroxylation is 3. The van der Waals surface area contributed by atoms with E-state index in [9.17, 15) is 0 Å². The number of ether oxygens (including phenoxy) is 1. The van der Waals surface area contributed by atoms with Crippen LogP contribution in [0.1, 0.15) is 22.6 Å². The van der Waals surface area contributed by atoms with Crippen LogP contribution in [0.2, 0.25) is 0 Å². The topological polar surface area (TPSA) is 83.0 Å². The third kappa shape index (κ3) is 3.37. The highest BCUT2D eigenvalue weighted by atomic mass is 32.2. The van der Waals surface area contributed by atoms with E-state index in [-0.39, 0.29) is 0 Å². The smallest absolute Gasteiger partial charge is 0.234 e. The van der Waals surface area contributed by atoms with Crippen molar-refractivity contribution < 1.29 is 4.74 Å². The van der Waals surface area contributed by atoms with Crippen LogP contribution >= 0.6 is 11.8 Å². The molecule has 138 valence electrons. The summed E-state index contributed by atoms with van der Waals surface area (Å²) in [5.74, 6) is 2.07. The number of benzene rings is 1. The van der Waals surface area contributed by atoms with Gasteiger partial charge in [0, 0.05) is 23.3 Å². The van der Waals surface area contributed by atoms with Gasteiger partial charge in [0.2, 0.25) is 10.9 Å². The molecule has 3 heterocycles. The highest BCUT2D eigenvalue weighted by molar-refractivity contribution is 7.98. The summed E-state index contributed by atoms with van der Waals surface area (Å²) in [6.07, 6.45) is 2.01. The van der Waals surface area contributed by atoms with Crippen molar-refractivity contribution >= 4 is 17.5 Å². The minimum atomic E-state index is 0.635. The number of hydrogen-bond acceptors (Lipinski definition) is 7. The number of nitrogens with zero attached hydrogens (tertiary/aromatic N) is 7. The zero-order valence-corrected chi connectivity index (χ0v) is 16.4. The quantitative estimate of drug-likeness (QED) is 0.492. The predicted molar refractivity (Wildman–Crippen MR) is 102 cm³/mol. The molecule has 0 aliphatic heterocycles. The van der Waals surface area contributed by atoms with E-state index in [2.05, 4.69) is 25.5 Å². The molecule has 0 atom stereocenters. The second-order valence-electron chi connectivity index (χ2n) is 6.28. The van der Waals surface area contributed by atoms with E-state index in [0.717, 1.165) is 34.1 Å². The molecule has 9 heteroatoms. The summed E-state index contributed by atoms with van der Waals surface area (Å²) in [6, 6.07) is 7.95. The molecule has 0 N–H and O–H groups in total. The molecule has 0 aliphatic carbocycles. The van der Waals surface area contributed by atoms with Gasteiger partial charge in [0.1, 0.15) is 11.4 Å². The third-order valence-electron chi connectivity index (χ3n) is 4.16. The molecule has 8 nitrogen and oxygen atoms in total. The number of aromatic nitrogens is 7. The first-order chi connectivity index (χ1) is 13.0. The molecule has 4 aromatic rings. The first kappa shape index (κ1) is 17.5. The summed E-state index contributed by atoms with van der Waals surface area (Å²) in [5, 5.41) is 12.8. The second-order valence-corrected chi connectivity index (χ2v) is 7.22. The van der Waals surface area contributed by atoms with Crippen molar-refractivity contribution in [2.45, 2.75) is 31.7 Å². The van der Waals surface area contributed by atoms with Gasteiger partial charge in [-0.1, -0.05) is 17.8 Å².